The Morgan fingerprint density at radius 3 is 2.65 bits per heavy atom. The summed E-state index contributed by atoms with van der Waals surface area (Å²) < 4.78 is 3.90. The fourth-order valence-electron chi connectivity index (χ4n) is 4.05. The maximum absolute atomic E-state index is 12.2. The zero-order valence-corrected chi connectivity index (χ0v) is 10.2. The van der Waals surface area contributed by atoms with Gasteiger partial charge < -0.3 is 0 Å². The number of fused-ring (bicyclic) bond motifs is 2. The lowest BCUT2D eigenvalue weighted by atomic mass is 9.89. The molecule has 4 rings (SSSR count). The summed E-state index contributed by atoms with van der Waals surface area (Å²) in [6.07, 6.45) is 12.0. The van der Waals surface area contributed by atoms with Gasteiger partial charge in [-0.1, -0.05) is 6.42 Å². The van der Waals surface area contributed by atoms with E-state index in [0.29, 0.717) is 6.04 Å². The SMILES string of the molecule is O=c1n(CC2CC3CCC2C3)ccn1C1CC1. The summed E-state index contributed by atoms with van der Waals surface area (Å²) in [5.74, 6) is 2.67. The van der Waals surface area contributed by atoms with E-state index in [-0.39, 0.29) is 5.69 Å². The molecule has 1 aromatic heterocycles. The molecule has 3 aliphatic rings. The van der Waals surface area contributed by atoms with Crippen molar-refractivity contribution in [3.05, 3.63) is 22.9 Å². The molecule has 0 radical (unpaired) electrons. The van der Waals surface area contributed by atoms with Gasteiger partial charge in [-0.3, -0.25) is 9.13 Å². The Bertz CT molecular complexity index is 483. The van der Waals surface area contributed by atoms with Crippen LogP contribution in [0.4, 0.5) is 0 Å². The molecule has 0 aliphatic heterocycles. The molecule has 0 spiro atoms. The van der Waals surface area contributed by atoms with Crippen molar-refractivity contribution in [1.29, 1.82) is 0 Å². The van der Waals surface area contributed by atoms with E-state index in [4.69, 9.17) is 0 Å². The first-order valence-electron chi connectivity index (χ1n) is 7.08. The first-order valence-corrected chi connectivity index (χ1v) is 7.08. The Kier molecular flexibility index (Phi) is 2.06. The summed E-state index contributed by atoms with van der Waals surface area (Å²) in [6, 6.07) is 0.517. The standard InChI is InChI=1S/C14H20N2O/c17-14-15(5-6-16(14)13-3-4-13)9-12-8-10-1-2-11(12)7-10/h5-6,10-13H,1-4,7-9H2. The maximum atomic E-state index is 12.2. The van der Waals surface area contributed by atoms with Crippen molar-refractivity contribution in [3.8, 4) is 0 Å². The molecule has 17 heavy (non-hydrogen) atoms. The highest BCUT2D eigenvalue weighted by Gasteiger charge is 2.39. The van der Waals surface area contributed by atoms with Gasteiger partial charge in [-0.15, -0.1) is 0 Å². The normalized spacial score (nSPS) is 35.6. The van der Waals surface area contributed by atoms with Crippen molar-refractivity contribution in [2.75, 3.05) is 0 Å². The largest absolute Gasteiger partial charge is 0.328 e. The first kappa shape index (κ1) is 9.98. The van der Waals surface area contributed by atoms with Crippen molar-refractivity contribution in [1.82, 2.24) is 9.13 Å². The molecule has 0 saturated heterocycles. The van der Waals surface area contributed by atoms with E-state index in [9.17, 15) is 4.79 Å². The Morgan fingerprint density at radius 2 is 2.00 bits per heavy atom. The Labute approximate surface area is 101 Å². The monoisotopic (exact) mass is 232 g/mol. The third-order valence-electron chi connectivity index (χ3n) is 5.13. The van der Waals surface area contributed by atoms with Crippen molar-refractivity contribution in [2.45, 2.75) is 51.1 Å². The van der Waals surface area contributed by atoms with Gasteiger partial charge in [0.15, 0.2) is 0 Å². The zero-order chi connectivity index (χ0) is 11.4. The molecule has 2 bridgehead atoms. The van der Waals surface area contributed by atoms with Gasteiger partial charge in [0.05, 0.1) is 0 Å². The van der Waals surface area contributed by atoms with Crippen molar-refractivity contribution >= 4 is 0 Å². The van der Waals surface area contributed by atoms with Crippen LogP contribution in [0.15, 0.2) is 17.2 Å². The Balaban J connectivity index is 1.53. The molecule has 3 aliphatic carbocycles. The summed E-state index contributed by atoms with van der Waals surface area (Å²) >= 11 is 0. The lowest BCUT2D eigenvalue weighted by Crippen LogP contribution is -2.27. The molecule has 0 aromatic carbocycles. The minimum atomic E-state index is 0.232. The summed E-state index contributed by atoms with van der Waals surface area (Å²) in [5.41, 5.74) is 0.232. The van der Waals surface area contributed by atoms with E-state index in [1.165, 1.54) is 38.5 Å². The Hall–Kier alpha value is -0.990. The predicted molar refractivity (Wildman–Crippen MR) is 65.9 cm³/mol. The summed E-state index contributed by atoms with van der Waals surface area (Å²) in [6.45, 7) is 0.972. The molecule has 3 nitrogen and oxygen atoms in total. The number of rotatable bonds is 3. The maximum Gasteiger partial charge on any atom is 0.328 e. The van der Waals surface area contributed by atoms with Crippen molar-refractivity contribution in [3.63, 3.8) is 0 Å². The van der Waals surface area contributed by atoms with E-state index in [0.717, 1.165) is 24.3 Å². The van der Waals surface area contributed by atoms with E-state index in [1.54, 1.807) is 0 Å². The van der Waals surface area contributed by atoms with Crippen LogP contribution in [0.3, 0.4) is 0 Å². The number of aromatic nitrogens is 2. The predicted octanol–water partition coefficient (Wildman–Crippen LogP) is 2.42. The van der Waals surface area contributed by atoms with Crippen LogP contribution in [0.1, 0.15) is 44.6 Å². The molecule has 0 N–H and O–H groups in total. The lowest BCUT2D eigenvalue weighted by molar-refractivity contribution is 0.292. The molecule has 3 heteroatoms. The second-order valence-electron chi connectivity index (χ2n) is 6.31. The molecule has 1 heterocycles. The highest BCUT2D eigenvalue weighted by molar-refractivity contribution is 4.94. The molecule has 0 amide bonds. The minimum Gasteiger partial charge on any atom is -0.299 e. The van der Waals surface area contributed by atoms with Crippen LogP contribution in [-0.4, -0.2) is 9.13 Å². The van der Waals surface area contributed by atoms with Gasteiger partial charge in [0, 0.05) is 25.0 Å². The molecule has 3 unspecified atom stereocenters. The lowest BCUT2D eigenvalue weighted by Gasteiger charge is -2.21. The summed E-state index contributed by atoms with van der Waals surface area (Å²) in [5, 5.41) is 0. The molecule has 3 atom stereocenters. The highest BCUT2D eigenvalue weighted by Crippen LogP contribution is 2.48. The van der Waals surface area contributed by atoms with E-state index < -0.39 is 0 Å². The van der Waals surface area contributed by atoms with Crippen LogP contribution in [0.5, 0.6) is 0 Å². The highest BCUT2D eigenvalue weighted by atomic mass is 16.1. The number of hydrogen-bond acceptors (Lipinski definition) is 1. The van der Waals surface area contributed by atoms with Crippen LogP contribution >= 0.6 is 0 Å². The van der Waals surface area contributed by atoms with Crippen LogP contribution in [0.2, 0.25) is 0 Å². The minimum absolute atomic E-state index is 0.232. The van der Waals surface area contributed by atoms with Gasteiger partial charge in [-0.25, -0.2) is 4.79 Å². The van der Waals surface area contributed by atoms with Gasteiger partial charge >= 0.3 is 5.69 Å². The van der Waals surface area contributed by atoms with Crippen LogP contribution in [-0.2, 0) is 6.54 Å². The number of nitrogens with zero attached hydrogens (tertiary/aromatic N) is 2. The van der Waals surface area contributed by atoms with E-state index in [2.05, 4.69) is 0 Å². The average molecular weight is 232 g/mol. The second kappa shape index (κ2) is 3.50. The molecule has 3 fully saturated rings. The molecule has 1 aromatic rings. The van der Waals surface area contributed by atoms with Gasteiger partial charge in [0.2, 0.25) is 0 Å². The topological polar surface area (TPSA) is 26.9 Å². The number of imidazole rings is 1. The second-order valence-corrected chi connectivity index (χ2v) is 6.31. The van der Waals surface area contributed by atoms with Crippen molar-refractivity contribution in [2.24, 2.45) is 17.8 Å². The molecular formula is C14H20N2O. The fourth-order valence-corrected chi connectivity index (χ4v) is 4.05. The van der Waals surface area contributed by atoms with Gasteiger partial charge in [-0.05, 0) is 49.9 Å². The number of hydrogen-bond donors (Lipinski definition) is 0. The fraction of sp³-hybridized carbons (Fsp3) is 0.786. The third-order valence-corrected chi connectivity index (χ3v) is 5.13. The molecule has 3 saturated carbocycles. The summed E-state index contributed by atoms with van der Waals surface area (Å²) in [4.78, 5) is 12.2. The van der Waals surface area contributed by atoms with Gasteiger partial charge in [-0.2, -0.15) is 0 Å². The van der Waals surface area contributed by atoms with Crippen molar-refractivity contribution < 1.29 is 0 Å². The van der Waals surface area contributed by atoms with Gasteiger partial charge in [0.25, 0.3) is 0 Å². The Morgan fingerprint density at radius 1 is 1.12 bits per heavy atom. The zero-order valence-electron chi connectivity index (χ0n) is 10.2. The average Bonchev–Trinajstić information content (AvgIpc) is 2.80. The van der Waals surface area contributed by atoms with E-state index in [1.807, 2.05) is 21.5 Å². The first-order chi connectivity index (χ1) is 8.31. The molecule has 92 valence electrons. The smallest absolute Gasteiger partial charge is 0.299 e. The quantitative estimate of drug-likeness (QED) is 0.786. The van der Waals surface area contributed by atoms with Crippen LogP contribution < -0.4 is 5.69 Å². The van der Waals surface area contributed by atoms with Crippen LogP contribution in [0.25, 0.3) is 0 Å². The molecular weight excluding hydrogens is 212 g/mol. The third kappa shape index (κ3) is 1.59. The van der Waals surface area contributed by atoms with E-state index >= 15 is 0 Å². The summed E-state index contributed by atoms with van der Waals surface area (Å²) in [7, 11) is 0. The van der Waals surface area contributed by atoms with Crippen LogP contribution in [0, 0.1) is 17.8 Å². The van der Waals surface area contributed by atoms with Gasteiger partial charge in [0.1, 0.15) is 0 Å².